The fourth-order valence-corrected chi connectivity index (χ4v) is 3.38. The molecule has 0 amide bonds. The summed E-state index contributed by atoms with van der Waals surface area (Å²) in [7, 11) is -3.69. The van der Waals surface area contributed by atoms with Crippen LogP contribution in [0.25, 0.3) is 6.08 Å². The normalized spacial score (nSPS) is 16.0. The van der Waals surface area contributed by atoms with Crippen LogP contribution in [0.4, 0.5) is 0 Å². The molecule has 3 rings (SSSR count). The van der Waals surface area contributed by atoms with E-state index in [1.165, 1.54) is 13.0 Å². The third-order valence-corrected chi connectivity index (χ3v) is 5.17. The fourth-order valence-electron chi connectivity index (χ4n) is 2.47. The molecule has 6 nitrogen and oxygen atoms in total. The summed E-state index contributed by atoms with van der Waals surface area (Å²) in [6.45, 7) is 3.46. The molecule has 26 heavy (non-hydrogen) atoms. The molecule has 1 aliphatic rings. The number of aryl methyl sites for hydroxylation is 1. The second kappa shape index (κ2) is 7.11. The molecular formula is C19H21NO5S. The summed E-state index contributed by atoms with van der Waals surface area (Å²) in [6.07, 6.45) is 1.51. The maximum atomic E-state index is 12.2. The highest BCUT2D eigenvalue weighted by atomic mass is 32.2. The van der Waals surface area contributed by atoms with E-state index in [2.05, 4.69) is 4.72 Å². The van der Waals surface area contributed by atoms with E-state index in [1.54, 1.807) is 18.2 Å². The largest absolute Gasteiger partial charge is 0.454 e. The molecule has 0 fully saturated rings. The Hall–Kier alpha value is -2.35. The Morgan fingerprint density at radius 3 is 2.58 bits per heavy atom. The highest BCUT2D eigenvalue weighted by Gasteiger charge is 2.27. The number of hydrogen-bond acceptors (Lipinski definition) is 5. The molecule has 0 unspecified atom stereocenters. The van der Waals surface area contributed by atoms with Crippen molar-refractivity contribution in [3.05, 3.63) is 64.6 Å². The lowest BCUT2D eigenvalue weighted by molar-refractivity contribution is 0.0626. The lowest BCUT2D eigenvalue weighted by Gasteiger charge is -2.24. The van der Waals surface area contributed by atoms with Crippen LogP contribution in [0.15, 0.2) is 47.9 Å². The molecular weight excluding hydrogens is 354 g/mol. The molecule has 1 heterocycles. The van der Waals surface area contributed by atoms with Gasteiger partial charge in [0.15, 0.2) is 11.5 Å². The Kier molecular flexibility index (Phi) is 5.04. The number of aliphatic hydroxyl groups is 1. The van der Waals surface area contributed by atoms with Gasteiger partial charge in [-0.05, 0) is 43.2 Å². The Balaban J connectivity index is 1.67. The Labute approximate surface area is 153 Å². The van der Waals surface area contributed by atoms with Crippen LogP contribution in [-0.2, 0) is 15.6 Å². The Morgan fingerprint density at radius 2 is 1.85 bits per heavy atom. The van der Waals surface area contributed by atoms with Gasteiger partial charge in [0, 0.05) is 12.0 Å². The van der Waals surface area contributed by atoms with Crippen molar-refractivity contribution in [3.8, 4) is 11.5 Å². The smallest absolute Gasteiger partial charge is 0.233 e. The molecule has 2 aromatic rings. The van der Waals surface area contributed by atoms with E-state index in [4.69, 9.17) is 9.47 Å². The summed E-state index contributed by atoms with van der Waals surface area (Å²) in [4.78, 5) is 0. The number of sulfonamides is 1. The molecule has 1 aliphatic heterocycles. The van der Waals surface area contributed by atoms with E-state index < -0.39 is 15.6 Å². The van der Waals surface area contributed by atoms with Crippen molar-refractivity contribution >= 4 is 16.1 Å². The predicted octanol–water partition coefficient (Wildman–Crippen LogP) is 2.52. The van der Waals surface area contributed by atoms with Gasteiger partial charge in [0.05, 0.1) is 0 Å². The summed E-state index contributed by atoms with van der Waals surface area (Å²) in [5.74, 6) is 1.14. The molecule has 0 aliphatic carbocycles. The maximum Gasteiger partial charge on any atom is 0.233 e. The molecule has 0 spiro atoms. The van der Waals surface area contributed by atoms with Gasteiger partial charge in [-0.25, -0.2) is 13.1 Å². The lowest BCUT2D eigenvalue weighted by Crippen LogP contribution is -2.37. The highest BCUT2D eigenvalue weighted by Crippen LogP contribution is 2.35. The van der Waals surface area contributed by atoms with Gasteiger partial charge in [0.2, 0.25) is 16.8 Å². The quantitative estimate of drug-likeness (QED) is 0.810. The van der Waals surface area contributed by atoms with E-state index >= 15 is 0 Å². The topological polar surface area (TPSA) is 84.9 Å². The van der Waals surface area contributed by atoms with Gasteiger partial charge in [-0.15, -0.1) is 0 Å². The minimum absolute atomic E-state index is 0.136. The van der Waals surface area contributed by atoms with Crippen molar-refractivity contribution in [2.75, 3.05) is 13.3 Å². The van der Waals surface area contributed by atoms with Gasteiger partial charge in [0.25, 0.3) is 0 Å². The van der Waals surface area contributed by atoms with Crippen molar-refractivity contribution in [2.24, 2.45) is 0 Å². The molecule has 0 radical (unpaired) electrons. The van der Waals surface area contributed by atoms with Crippen LogP contribution < -0.4 is 14.2 Å². The first-order valence-electron chi connectivity index (χ1n) is 8.12. The average Bonchev–Trinajstić information content (AvgIpc) is 3.08. The van der Waals surface area contributed by atoms with Gasteiger partial charge in [-0.2, -0.15) is 0 Å². The number of rotatable bonds is 6. The predicted molar refractivity (Wildman–Crippen MR) is 99.3 cm³/mol. The summed E-state index contributed by atoms with van der Waals surface area (Å²) >= 11 is 0. The van der Waals surface area contributed by atoms with Crippen LogP contribution >= 0.6 is 0 Å². The SMILES string of the molecule is Cc1ccc(/C=C/S(=O)(=O)NC[C@](C)(O)c2ccc3c(c2)OCO3)cc1. The van der Waals surface area contributed by atoms with Crippen molar-refractivity contribution in [3.63, 3.8) is 0 Å². The summed E-state index contributed by atoms with van der Waals surface area (Å²) < 4.78 is 37.3. The average molecular weight is 375 g/mol. The third kappa shape index (κ3) is 4.43. The highest BCUT2D eigenvalue weighted by molar-refractivity contribution is 7.92. The van der Waals surface area contributed by atoms with Crippen LogP contribution in [0.2, 0.25) is 0 Å². The van der Waals surface area contributed by atoms with Crippen LogP contribution in [0, 0.1) is 6.92 Å². The zero-order valence-corrected chi connectivity index (χ0v) is 15.4. The maximum absolute atomic E-state index is 12.2. The monoisotopic (exact) mass is 375 g/mol. The first-order valence-corrected chi connectivity index (χ1v) is 9.67. The summed E-state index contributed by atoms with van der Waals surface area (Å²) in [5.41, 5.74) is 1.02. The van der Waals surface area contributed by atoms with E-state index in [9.17, 15) is 13.5 Å². The van der Waals surface area contributed by atoms with Crippen molar-refractivity contribution < 1.29 is 23.0 Å². The lowest BCUT2D eigenvalue weighted by atomic mass is 9.96. The van der Waals surface area contributed by atoms with E-state index in [0.717, 1.165) is 16.5 Å². The van der Waals surface area contributed by atoms with Crippen LogP contribution in [0.1, 0.15) is 23.6 Å². The zero-order chi connectivity index (χ0) is 18.8. The molecule has 0 bridgehead atoms. The van der Waals surface area contributed by atoms with Gasteiger partial charge >= 0.3 is 0 Å². The minimum atomic E-state index is -3.69. The number of hydrogen-bond donors (Lipinski definition) is 2. The number of nitrogens with one attached hydrogen (secondary N) is 1. The molecule has 7 heteroatoms. The number of fused-ring (bicyclic) bond motifs is 1. The first-order chi connectivity index (χ1) is 12.3. The summed E-state index contributed by atoms with van der Waals surface area (Å²) in [5, 5.41) is 11.7. The van der Waals surface area contributed by atoms with E-state index in [1.807, 2.05) is 31.2 Å². The first kappa shape index (κ1) is 18.4. The molecule has 2 aromatic carbocycles. The minimum Gasteiger partial charge on any atom is -0.454 e. The van der Waals surface area contributed by atoms with Gasteiger partial charge in [-0.1, -0.05) is 35.9 Å². The molecule has 0 aromatic heterocycles. The van der Waals surface area contributed by atoms with Crippen molar-refractivity contribution in [1.29, 1.82) is 0 Å². The third-order valence-electron chi connectivity index (χ3n) is 4.13. The molecule has 138 valence electrons. The van der Waals surface area contributed by atoms with Crippen LogP contribution in [0.5, 0.6) is 11.5 Å². The molecule has 2 N–H and O–H groups in total. The van der Waals surface area contributed by atoms with Gasteiger partial charge in [0.1, 0.15) is 5.60 Å². The second-order valence-corrected chi connectivity index (χ2v) is 8.07. The van der Waals surface area contributed by atoms with Gasteiger partial charge in [-0.3, -0.25) is 0 Å². The Bertz CT molecular complexity index is 917. The molecule has 1 atom stereocenters. The summed E-state index contributed by atoms with van der Waals surface area (Å²) in [6, 6.07) is 12.5. The van der Waals surface area contributed by atoms with Crippen LogP contribution in [-0.4, -0.2) is 26.9 Å². The Morgan fingerprint density at radius 1 is 1.15 bits per heavy atom. The molecule has 0 saturated heterocycles. The molecule has 0 saturated carbocycles. The van der Waals surface area contributed by atoms with Gasteiger partial charge < -0.3 is 14.6 Å². The second-order valence-electron chi connectivity index (χ2n) is 6.42. The fraction of sp³-hybridized carbons (Fsp3) is 0.263. The van der Waals surface area contributed by atoms with Crippen LogP contribution in [0.3, 0.4) is 0 Å². The van der Waals surface area contributed by atoms with E-state index in [0.29, 0.717) is 17.1 Å². The van der Waals surface area contributed by atoms with Crippen molar-refractivity contribution in [2.45, 2.75) is 19.4 Å². The number of benzene rings is 2. The standard InChI is InChI=1S/C19H21NO5S/c1-14-3-5-15(6-4-14)9-10-26(22,23)20-12-19(2,21)16-7-8-17-18(11-16)25-13-24-17/h3-11,20-21H,12-13H2,1-2H3/b10-9+/t19-/m0/s1. The number of ether oxygens (including phenoxy) is 2. The van der Waals surface area contributed by atoms with Crippen molar-refractivity contribution in [1.82, 2.24) is 4.72 Å². The van der Waals surface area contributed by atoms with E-state index in [-0.39, 0.29) is 13.3 Å². The zero-order valence-electron chi connectivity index (χ0n) is 14.6.